The van der Waals surface area contributed by atoms with E-state index >= 15 is 0 Å². The predicted octanol–water partition coefficient (Wildman–Crippen LogP) is 1.29. The fourth-order valence-electron chi connectivity index (χ4n) is 3.39. The summed E-state index contributed by atoms with van der Waals surface area (Å²) in [6.45, 7) is 9.25. The molecule has 182 valence electrons. The Morgan fingerprint density at radius 2 is 1.23 bits per heavy atom. The number of hydrogen-bond acceptors (Lipinski definition) is 7. The quantitative estimate of drug-likeness (QED) is 0.182. The van der Waals surface area contributed by atoms with Gasteiger partial charge in [0, 0.05) is 12.1 Å². The van der Waals surface area contributed by atoms with Crippen LogP contribution >= 0.6 is 12.4 Å². The lowest BCUT2D eigenvalue weighted by molar-refractivity contribution is 0.242. The molecule has 1 aromatic carbocycles. The summed E-state index contributed by atoms with van der Waals surface area (Å²) >= 11 is 0. The topological polar surface area (TPSA) is 137 Å². The highest BCUT2D eigenvalue weighted by atomic mass is 35.5. The third-order valence-corrected chi connectivity index (χ3v) is 4.89. The van der Waals surface area contributed by atoms with Crippen molar-refractivity contribution < 1.29 is 4.74 Å². The van der Waals surface area contributed by atoms with Gasteiger partial charge in [-0.15, -0.1) is 12.4 Å². The van der Waals surface area contributed by atoms with Gasteiger partial charge in [0.2, 0.25) is 0 Å². The lowest BCUT2D eigenvalue weighted by Crippen LogP contribution is -2.30. The van der Waals surface area contributed by atoms with Gasteiger partial charge in [-0.3, -0.25) is 0 Å². The molecule has 1 rings (SSSR count). The summed E-state index contributed by atoms with van der Waals surface area (Å²) in [5.74, 6) is 0.902. The van der Waals surface area contributed by atoms with Crippen LogP contribution in [-0.2, 0) is 12.8 Å². The molecule has 0 aliphatic rings. The Balaban J connectivity index is 0.00000900. The van der Waals surface area contributed by atoms with Crippen LogP contribution in [0.3, 0.4) is 0 Å². The van der Waals surface area contributed by atoms with Crippen molar-refractivity contribution in [3.63, 3.8) is 0 Å². The van der Waals surface area contributed by atoms with Gasteiger partial charge in [0.25, 0.3) is 0 Å². The van der Waals surface area contributed by atoms with Gasteiger partial charge < -0.3 is 38.3 Å². The average Bonchev–Trinajstić information content (AvgIpc) is 2.67. The van der Waals surface area contributed by atoms with Crippen LogP contribution in [0.2, 0.25) is 0 Å². The number of rotatable bonds is 18. The maximum Gasteiger partial charge on any atom is 0.120 e. The van der Waals surface area contributed by atoms with Crippen LogP contribution in [0.4, 0.5) is 0 Å². The van der Waals surface area contributed by atoms with E-state index in [1.54, 1.807) is 0 Å². The van der Waals surface area contributed by atoms with E-state index in [1.807, 2.05) is 13.8 Å². The summed E-state index contributed by atoms with van der Waals surface area (Å²) in [5, 5.41) is 6.79. The van der Waals surface area contributed by atoms with Crippen molar-refractivity contribution in [2.75, 3.05) is 39.3 Å². The van der Waals surface area contributed by atoms with E-state index < -0.39 is 0 Å². The summed E-state index contributed by atoms with van der Waals surface area (Å²) in [7, 11) is 0. The fraction of sp³-hybridized carbons (Fsp3) is 0.739. The number of benzene rings is 1. The van der Waals surface area contributed by atoms with E-state index in [9.17, 15) is 0 Å². The third-order valence-electron chi connectivity index (χ3n) is 4.89. The van der Waals surface area contributed by atoms with E-state index in [-0.39, 0.29) is 30.6 Å². The summed E-state index contributed by atoms with van der Waals surface area (Å²) in [6.07, 6.45) is 5.65. The predicted molar refractivity (Wildman–Crippen MR) is 135 cm³/mol. The molecule has 2 unspecified atom stereocenters. The molecular formula is C23H47ClN6O. The minimum atomic E-state index is 0. The second-order valence-electron chi connectivity index (χ2n) is 8.44. The SMILES string of the molecule is CC(C)Oc1cc(CC(N)CCNCCCN)cc(CC(N)CCNCCCN)c1.Cl. The van der Waals surface area contributed by atoms with Crippen LogP contribution in [0.1, 0.15) is 50.7 Å². The van der Waals surface area contributed by atoms with Crippen molar-refractivity contribution in [1.29, 1.82) is 0 Å². The standard InChI is InChI=1S/C23H46N6O.ClH/c1-18(2)30-23-16-19(14-21(26)5-11-28-9-3-7-24)13-20(17-23)15-22(27)6-12-29-10-4-8-25;/h13,16-18,21-22,28-29H,3-12,14-15,24-27H2,1-2H3;1H. The highest BCUT2D eigenvalue weighted by molar-refractivity contribution is 5.85. The molecule has 0 saturated carbocycles. The van der Waals surface area contributed by atoms with E-state index in [2.05, 4.69) is 28.8 Å². The molecule has 0 aliphatic heterocycles. The second kappa shape index (κ2) is 18.6. The van der Waals surface area contributed by atoms with Crippen molar-refractivity contribution in [2.45, 2.75) is 70.6 Å². The normalized spacial score (nSPS) is 13.1. The van der Waals surface area contributed by atoms with Crippen molar-refractivity contribution in [2.24, 2.45) is 22.9 Å². The molecule has 0 amide bonds. The van der Waals surface area contributed by atoms with Gasteiger partial charge in [0.1, 0.15) is 5.75 Å². The first kappa shape index (κ1) is 30.1. The van der Waals surface area contributed by atoms with Gasteiger partial charge in [0.05, 0.1) is 6.10 Å². The minimum absolute atomic E-state index is 0. The molecular weight excluding hydrogens is 412 g/mol. The Hall–Kier alpha value is -0.930. The van der Waals surface area contributed by atoms with Gasteiger partial charge in [-0.2, -0.15) is 0 Å². The molecule has 0 saturated heterocycles. The Labute approximate surface area is 195 Å². The summed E-state index contributed by atoms with van der Waals surface area (Å²) in [6, 6.07) is 6.68. The van der Waals surface area contributed by atoms with Crippen molar-refractivity contribution in [3.8, 4) is 5.75 Å². The first-order valence-corrected chi connectivity index (χ1v) is 11.6. The molecule has 31 heavy (non-hydrogen) atoms. The Morgan fingerprint density at radius 3 is 1.61 bits per heavy atom. The molecule has 7 nitrogen and oxygen atoms in total. The molecule has 8 heteroatoms. The number of nitrogens with one attached hydrogen (secondary N) is 2. The van der Waals surface area contributed by atoms with Crippen LogP contribution in [0.5, 0.6) is 5.75 Å². The zero-order chi connectivity index (χ0) is 22.2. The summed E-state index contributed by atoms with van der Waals surface area (Å²) in [4.78, 5) is 0. The monoisotopic (exact) mass is 458 g/mol. The summed E-state index contributed by atoms with van der Waals surface area (Å²) < 4.78 is 5.98. The van der Waals surface area contributed by atoms with Crippen molar-refractivity contribution >= 4 is 12.4 Å². The zero-order valence-electron chi connectivity index (χ0n) is 19.6. The molecule has 2 atom stereocenters. The van der Waals surface area contributed by atoms with Crippen molar-refractivity contribution in [3.05, 3.63) is 29.3 Å². The number of halogens is 1. The maximum absolute atomic E-state index is 6.38. The zero-order valence-corrected chi connectivity index (χ0v) is 20.4. The van der Waals surface area contributed by atoms with Gasteiger partial charge >= 0.3 is 0 Å². The second-order valence-corrected chi connectivity index (χ2v) is 8.44. The highest BCUT2D eigenvalue weighted by Crippen LogP contribution is 2.21. The maximum atomic E-state index is 6.38. The molecule has 0 radical (unpaired) electrons. The minimum Gasteiger partial charge on any atom is -0.491 e. The molecule has 0 aliphatic carbocycles. The Morgan fingerprint density at radius 1 is 0.774 bits per heavy atom. The van der Waals surface area contributed by atoms with E-state index in [0.29, 0.717) is 0 Å². The van der Waals surface area contributed by atoms with Crippen LogP contribution in [0.25, 0.3) is 0 Å². The lowest BCUT2D eigenvalue weighted by atomic mass is 9.97. The molecule has 0 heterocycles. The largest absolute Gasteiger partial charge is 0.491 e. The fourth-order valence-corrected chi connectivity index (χ4v) is 3.39. The van der Waals surface area contributed by atoms with Gasteiger partial charge in [0.15, 0.2) is 0 Å². The van der Waals surface area contributed by atoms with Crippen LogP contribution < -0.4 is 38.3 Å². The van der Waals surface area contributed by atoms with Gasteiger partial charge in [-0.1, -0.05) is 6.07 Å². The number of ether oxygens (including phenoxy) is 1. The first-order chi connectivity index (χ1) is 14.4. The lowest BCUT2D eigenvalue weighted by Gasteiger charge is -2.18. The molecule has 0 spiro atoms. The van der Waals surface area contributed by atoms with Gasteiger partial charge in [-0.25, -0.2) is 0 Å². The van der Waals surface area contributed by atoms with Crippen molar-refractivity contribution in [1.82, 2.24) is 10.6 Å². The Kier molecular flexibility index (Phi) is 18.1. The smallest absolute Gasteiger partial charge is 0.120 e. The molecule has 0 fully saturated rings. The third kappa shape index (κ3) is 15.5. The molecule has 10 N–H and O–H groups in total. The molecule has 0 bridgehead atoms. The van der Waals surface area contributed by atoms with E-state index in [0.717, 1.165) is 83.5 Å². The molecule has 0 aromatic heterocycles. The molecule has 1 aromatic rings. The summed E-state index contributed by atoms with van der Waals surface area (Å²) in [5.41, 5.74) is 26.2. The number of nitrogens with two attached hydrogens (primary N) is 4. The Bertz CT molecular complexity index is 521. The van der Waals surface area contributed by atoms with Crippen LogP contribution in [0, 0.1) is 0 Å². The van der Waals surface area contributed by atoms with E-state index in [1.165, 1.54) is 11.1 Å². The highest BCUT2D eigenvalue weighted by Gasteiger charge is 2.11. The van der Waals surface area contributed by atoms with E-state index in [4.69, 9.17) is 27.7 Å². The average molecular weight is 459 g/mol. The van der Waals surface area contributed by atoms with Crippen LogP contribution in [-0.4, -0.2) is 57.5 Å². The first-order valence-electron chi connectivity index (χ1n) is 11.6. The van der Waals surface area contributed by atoms with Gasteiger partial charge in [-0.05, 0) is 115 Å². The van der Waals surface area contributed by atoms with Crippen LogP contribution in [0.15, 0.2) is 18.2 Å². The number of hydrogen-bond donors (Lipinski definition) is 6.